The number of fused-ring (bicyclic) bond motifs is 1. The standard InChI is InChI=1S/C19H19NO6/c1-24-19(23)14-8-12(6-7-15(14)21)16(22)10-20-9-13-11-25-17-4-2-3-5-18(17)26-13/h2-8,13,20-21H,9-11H2,1H3. The van der Waals surface area contributed by atoms with Crippen LogP contribution < -0.4 is 14.8 Å². The summed E-state index contributed by atoms with van der Waals surface area (Å²) in [6, 6.07) is 11.5. The van der Waals surface area contributed by atoms with Gasteiger partial charge >= 0.3 is 5.97 Å². The average molecular weight is 357 g/mol. The number of ether oxygens (including phenoxy) is 3. The Morgan fingerprint density at radius 1 is 1.23 bits per heavy atom. The molecule has 0 saturated carbocycles. The van der Waals surface area contributed by atoms with Crippen LogP contribution in [0.15, 0.2) is 42.5 Å². The molecule has 7 heteroatoms. The Bertz CT molecular complexity index is 819. The van der Waals surface area contributed by atoms with E-state index >= 15 is 0 Å². The smallest absolute Gasteiger partial charge is 0.341 e. The van der Waals surface area contributed by atoms with Crippen molar-refractivity contribution in [1.82, 2.24) is 5.32 Å². The Kier molecular flexibility index (Phi) is 5.38. The van der Waals surface area contributed by atoms with Gasteiger partial charge in [-0.15, -0.1) is 0 Å². The van der Waals surface area contributed by atoms with Crippen molar-refractivity contribution in [3.05, 3.63) is 53.6 Å². The summed E-state index contributed by atoms with van der Waals surface area (Å²) in [4.78, 5) is 23.9. The summed E-state index contributed by atoms with van der Waals surface area (Å²) in [5.41, 5.74) is 0.265. The van der Waals surface area contributed by atoms with E-state index in [0.717, 1.165) is 0 Å². The van der Waals surface area contributed by atoms with E-state index in [-0.39, 0.29) is 29.7 Å². The van der Waals surface area contributed by atoms with Crippen molar-refractivity contribution in [2.75, 3.05) is 26.8 Å². The number of ketones is 1. The van der Waals surface area contributed by atoms with E-state index in [9.17, 15) is 14.7 Å². The minimum Gasteiger partial charge on any atom is -0.507 e. The fourth-order valence-corrected chi connectivity index (χ4v) is 2.60. The van der Waals surface area contributed by atoms with Gasteiger partial charge in [-0.1, -0.05) is 12.1 Å². The van der Waals surface area contributed by atoms with Gasteiger partial charge in [0.2, 0.25) is 0 Å². The molecule has 2 aromatic rings. The van der Waals surface area contributed by atoms with Gasteiger partial charge in [0, 0.05) is 12.1 Å². The molecule has 1 aliphatic rings. The molecule has 2 aromatic carbocycles. The Labute approximate surface area is 150 Å². The van der Waals surface area contributed by atoms with Gasteiger partial charge in [0.05, 0.1) is 13.7 Å². The highest BCUT2D eigenvalue weighted by Crippen LogP contribution is 2.30. The summed E-state index contributed by atoms with van der Waals surface area (Å²) in [5.74, 6) is 0.244. The molecule has 7 nitrogen and oxygen atoms in total. The zero-order valence-electron chi connectivity index (χ0n) is 14.2. The molecular formula is C19H19NO6. The third-order valence-electron chi connectivity index (χ3n) is 3.95. The van der Waals surface area contributed by atoms with Crippen molar-refractivity contribution in [2.24, 2.45) is 0 Å². The highest BCUT2D eigenvalue weighted by atomic mass is 16.6. The quantitative estimate of drug-likeness (QED) is 0.601. The van der Waals surface area contributed by atoms with Crippen LogP contribution in [0.4, 0.5) is 0 Å². The van der Waals surface area contributed by atoms with E-state index in [0.29, 0.717) is 30.2 Å². The predicted octanol–water partition coefficient (Wildman–Crippen LogP) is 1.79. The van der Waals surface area contributed by atoms with Crippen molar-refractivity contribution >= 4 is 11.8 Å². The summed E-state index contributed by atoms with van der Waals surface area (Å²) in [6.07, 6.45) is -0.205. The molecule has 0 aromatic heterocycles. The minimum absolute atomic E-state index is 0.0426. The zero-order valence-corrected chi connectivity index (χ0v) is 14.2. The molecule has 0 radical (unpaired) electrons. The first-order chi connectivity index (χ1) is 12.6. The molecule has 26 heavy (non-hydrogen) atoms. The maximum atomic E-state index is 12.3. The van der Waals surface area contributed by atoms with Crippen LogP contribution >= 0.6 is 0 Å². The van der Waals surface area contributed by atoms with E-state index in [2.05, 4.69) is 10.1 Å². The molecule has 1 unspecified atom stereocenters. The van der Waals surface area contributed by atoms with Crippen LogP contribution in [0.3, 0.4) is 0 Å². The molecule has 0 amide bonds. The molecule has 0 fully saturated rings. The van der Waals surface area contributed by atoms with Crippen LogP contribution in [0, 0.1) is 0 Å². The fourth-order valence-electron chi connectivity index (χ4n) is 2.60. The van der Waals surface area contributed by atoms with Crippen molar-refractivity contribution in [1.29, 1.82) is 0 Å². The minimum atomic E-state index is -0.698. The lowest BCUT2D eigenvalue weighted by Crippen LogP contribution is -2.40. The van der Waals surface area contributed by atoms with Gasteiger partial charge in [0.1, 0.15) is 24.0 Å². The highest BCUT2D eigenvalue weighted by molar-refractivity contribution is 6.01. The Hall–Kier alpha value is -3.06. The van der Waals surface area contributed by atoms with Crippen LogP contribution in [0.1, 0.15) is 20.7 Å². The second-order valence-electron chi connectivity index (χ2n) is 5.78. The number of aromatic hydroxyl groups is 1. The molecule has 1 aliphatic heterocycles. The molecule has 0 aliphatic carbocycles. The number of esters is 1. The van der Waals surface area contributed by atoms with E-state index in [4.69, 9.17) is 9.47 Å². The number of hydrogen-bond acceptors (Lipinski definition) is 7. The lowest BCUT2D eigenvalue weighted by molar-refractivity contribution is 0.0597. The molecule has 1 atom stereocenters. The SMILES string of the molecule is COC(=O)c1cc(C(=O)CNCC2COc3ccccc3O2)ccc1O. The van der Waals surface area contributed by atoms with Gasteiger partial charge in [-0.05, 0) is 30.3 Å². The van der Waals surface area contributed by atoms with Crippen molar-refractivity contribution in [3.8, 4) is 17.2 Å². The second kappa shape index (κ2) is 7.88. The summed E-state index contributed by atoms with van der Waals surface area (Å²) >= 11 is 0. The Morgan fingerprint density at radius 3 is 2.77 bits per heavy atom. The van der Waals surface area contributed by atoms with E-state index in [1.54, 1.807) is 0 Å². The number of methoxy groups -OCH3 is 1. The lowest BCUT2D eigenvalue weighted by atomic mass is 10.1. The third kappa shape index (κ3) is 3.94. The number of phenolic OH excluding ortho intramolecular Hbond substituents is 1. The van der Waals surface area contributed by atoms with Crippen molar-refractivity contribution in [3.63, 3.8) is 0 Å². The molecule has 2 N–H and O–H groups in total. The van der Waals surface area contributed by atoms with E-state index in [1.807, 2.05) is 24.3 Å². The number of carbonyl (C=O) groups excluding carboxylic acids is 2. The van der Waals surface area contributed by atoms with Crippen LogP contribution in [0.25, 0.3) is 0 Å². The monoisotopic (exact) mass is 357 g/mol. The number of Topliss-reactive ketones (excluding diaryl/α,β-unsaturated/α-hetero) is 1. The van der Waals surface area contributed by atoms with Gasteiger partial charge in [-0.25, -0.2) is 4.79 Å². The summed E-state index contributed by atoms with van der Waals surface area (Å²) in [6.45, 7) is 0.888. The van der Waals surface area contributed by atoms with Crippen molar-refractivity contribution < 1.29 is 28.9 Å². The predicted molar refractivity (Wildman–Crippen MR) is 93.0 cm³/mol. The third-order valence-corrected chi connectivity index (χ3v) is 3.95. The molecule has 0 spiro atoms. The van der Waals surface area contributed by atoms with E-state index < -0.39 is 5.97 Å². The average Bonchev–Trinajstić information content (AvgIpc) is 2.67. The summed E-state index contributed by atoms with van der Waals surface area (Å²) in [5, 5.41) is 12.7. The molecule has 0 saturated heterocycles. The first kappa shape index (κ1) is 17.8. The highest BCUT2D eigenvalue weighted by Gasteiger charge is 2.21. The number of benzene rings is 2. The Balaban J connectivity index is 1.54. The zero-order chi connectivity index (χ0) is 18.5. The first-order valence-electron chi connectivity index (χ1n) is 8.12. The van der Waals surface area contributed by atoms with E-state index in [1.165, 1.54) is 25.3 Å². The van der Waals surface area contributed by atoms with Crippen LogP contribution in [-0.2, 0) is 4.74 Å². The molecule has 0 bridgehead atoms. The van der Waals surface area contributed by atoms with Crippen LogP contribution in [0.5, 0.6) is 17.2 Å². The normalized spacial score (nSPS) is 15.3. The largest absolute Gasteiger partial charge is 0.507 e. The summed E-state index contributed by atoms with van der Waals surface area (Å²) in [7, 11) is 1.21. The van der Waals surface area contributed by atoms with Crippen molar-refractivity contribution in [2.45, 2.75) is 6.10 Å². The van der Waals surface area contributed by atoms with Gasteiger partial charge in [0.15, 0.2) is 17.3 Å². The topological polar surface area (TPSA) is 94.1 Å². The molecule has 1 heterocycles. The van der Waals surface area contributed by atoms with Crippen LogP contribution in [0.2, 0.25) is 0 Å². The first-order valence-corrected chi connectivity index (χ1v) is 8.12. The maximum Gasteiger partial charge on any atom is 0.341 e. The maximum absolute atomic E-state index is 12.3. The number of carbonyl (C=O) groups is 2. The van der Waals surface area contributed by atoms with Gasteiger partial charge in [-0.3, -0.25) is 4.79 Å². The number of rotatable bonds is 6. The van der Waals surface area contributed by atoms with Gasteiger partial charge in [-0.2, -0.15) is 0 Å². The fraction of sp³-hybridized carbons (Fsp3) is 0.263. The summed E-state index contributed by atoms with van der Waals surface area (Å²) < 4.78 is 16.0. The van der Waals surface area contributed by atoms with Crippen LogP contribution in [-0.4, -0.2) is 49.8 Å². The molecule has 3 rings (SSSR count). The lowest BCUT2D eigenvalue weighted by Gasteiger charge is -2.26. The van der Waals surface area contributed by atoms with Gasteiger partial charge in [0.25, 0.3) is 0 Å². The van der Waals surface area contributed by atoms with Gasteiger partial charge < -0.3 is 24.6 Å². The second-order valence-corrected chi connectivity index (χ2v) is 5.78. The number of nitrogens with one attached hydrogen (secondary N) is 1. The Morgan fingerprint density at radius 2 is 2.00 bits per heavy atom. The number of hydrogen-bond donors (Lipinski definition) is 2. The number of para-hydroxylation sites is 2. The molecule has 136 valence electrons. The number of phenols is 1. The molecular weight excluding hydrogens is 338 g/mol.